The predicted molar refractivity (Wildman–Crippen MR) is 70.7 cm³/mol. The molecule has 0 aliphatic carbocycles. The molecule has 1 aliphatic heterocycles. The average molecular weight is 281 g/mol. The van der Waals surface area contributed by atoms with Crippen LogP contribution in [-0.4, -0.2) is 38.4 Å². The van der Waals surface area contributed by atoms with Crippen LogP contribution in [0.3, 0.4) is 0 Å². The zero-order chi connectivity index (χ0) is 14.9. The van der Waals surface area contributed by atoms with Gasteiger partial charge in [-0.05, 0) is 27.2 Å². The number of aromatic nitrogens is 2. The average Bonchev–Trinajstić information content (AvgIpc) is 2.69. The topological polar surface area (TPSA) is 93.4 Å². The van der Waals surface area contributed by atoms with E-state index in [1.54, 1.807) is 25.3 Å². The number of aromatic carboxylic acids is 1. The molecular weight excluding hydrogens is 262 g/mol. The van der Waals surface area contributed by atoms with Gasteiger partial charge < -0.3 is 19.7 Å². The highest BCUT2D eigenvalue weighted by atomic mass is 16.6. The Hall–Kier alpha value is -2.05. The molecule has 1 aliphatic rings. The van der Waals surface area contributed by atoms with Crippen LogP contribution in [0.25, 0.3) is 0 Å². The summed E-state index contributed by atoms with van der Waals surface area (Å²) >= 11 is 0. The van der Waals surface area contributed by atoms with Crippen LogP contribution in [-0.2, 0) is 17.7 Å². The van der Waals surface area contributed by atoms with E-state index in [1.807, 2.05) is 0 Å². The van der Waals surface area contributed by atoms with E-state index >= 15 is 0 Å². The van der Waals surface area contributed by atoms with Gasteiger partial charge in [-0.3, -0.25) is 0 Å². The first-order valence-corrected chi connectivity index (χ1v) is 6.53. The molecule has 0 radical (unpaired) electrons. The summed E-state index contributed by atoms with van der Waals surface area (Å²) in [6.07, 6.45) is 2.40. The first kappa shape index (κ1) is 14.4. The Morgan fingerprint density at radius 1 is 1.50 bits per heavy atom. The van der Waals surface area contributed by atoms with Crippen LogP contribution in [0.1, 0.15) is 43.5 Å². The van der Waals surface area contributed by atoms with Crippen molar-refractivity contribution in [3.8, 4) is 0 Å². The second kappa shape index (κ2) is 5.15. The van der Waals surface area contributed by atoms with Crippen molar-refractivity contribution >= 4 is 12.1 Å². The van der Waals surface area contributed by atoms with Crippen LogP contribution in [0.4, 0.5) is 4.79 Å². The lowest BCUT2D eigenvalue weighted by Gasteiger charge is -2.26. The quantitative estimate of drug-likeness (QED) is 0.855. The Kier molecular flexibility index (Phi) is 3.69. The number of carboxylic acids is 1. The summed E-state index contributed by atoms with van der Waals surface area (Å²) in [6, 6.07) is -0.0757. The number of fused-ring (bicyclic) bond motifs is 1. The number of alkyl carbamates (subject to hydrolysis) is 1. The SMILES string of the molecule is CC(C)(C)OC(=O)NC1CCc2nc(C(=O)O)cn2C1. The first-order chi connectivity index (χ1) is 9.24. The Balaban J connectivity index is 1.97. The van der Waals surface area contributed by atoms with E-state index in [9.17, 15) is 9.59 Å². The molecule has 1 aromatic rings. The van der Waals surface area contributed by atoms with Gasteiger partial charge in [-0.2, -0.15) is 0 Å². The second-order valence-corrected chi connectivity index (χ2v) is 5.88. The van der Waals surface area contributed by atoms with E-state index in [4.69, 9.17) is 9.84 Å². The number of hydrogen-bond acceptors (Lipinski definition) is 4. The molecule has 2 heterocycles. The lowest BCUT2D eigenvalue weighted by atomic mass is 10.1. The summed E-state index contributed by atoms with van der Waals surface area (Å²) in [5.41, 5.74) is -0.493. The molecule has 2 N–H and O–H groups in total. The number of carboxylic acid groups (broad SMARTS) is 1. The standard InChI is InChI=1S/C13H19N3O4/c1-13(2,3)20-12(19)14-8-4-5-10-15-9(11(17)18)7-16(10)6-8/h7-8H,4-6H2,1-3H3,(H,14,19)(H,17,18). The minimum Gasteiger partial charge on any atom is -0.476 e. The summed E-state index contributed by atoms with van der Waals surface area (Å²) in [5.74, 6) is -0.298. The summed E-state index contributed by atoms with van der Waals surface area (Å²) in [5, 5.41) is 11.7. The van der Waals surface area contributed by atoms with Crippen molar-refractivity contribution in [3.63, 3.8) is 0 Å². The summed E-state index contributed by atoms with van der Waals surface area (Å²) in [6.45, 7) is 5.93. The van der Waals surface area contributed by atoms with Crippen LogP contribution >= 0.6 is 0 Å². The van der Waals surface area contributed by atoms with Gasteiger partial charge in [-0.15, -0.1) is 0 Å². The molecule has 7 nitrogen and oxygen atoms in total. The number of carbonyl (C=O) groups excluding carboxylic acids is 1. The van der Waals surface area contributed by atoms with Crippen molar-refractivity contribution in [1.29, 1.82) is 0 Å². The molecule has 0 aromatic carbocycles. The van der Waals surface area contributed by atoms with Crippen LogP contribution in [0.2, 0.25) is 0 Å². The van der Waals surface area contributed by atoms with E-state index in [0.29, 0.717) is 13.0 Å². The molecule has 1 amide bonds. The van der Waals surface area contributed by atoms with Crippen LogP contribution in [0, 0.1) is 0 Å². The fraction of sp³-hybridized carbons (Fsp3) is 0.615. The number of amides is 1. The molecule has 2 rings (SSSR count). The third-order valence-electron chi connectivity index (χ3n) is 2.93. The largest absolute Gasteiger partial charge is 0.476 e. The van der Waals surface area contributed by atoms with Gasteiger partial charge in [0.05, 0.1) is 6.04 Å². The van der Waals surface area contributed by atoms with Crippen molar-refractivity contribution < 1.29 is 19.4 Å². The van der Waals surface area contributed by atoms with Crippen molar-refractivity contribution in [2.75, 3.05) is 0 Å². The van der Waals surface area contributed by atoms with Crippen LogP contribution in [0.5, 0.6) is 0 Å². The van der Waals surface area contributed by atoms with Gasteiger partial charge in [0, 0.05) is 19.2 Å². The number of aryl methyl sites for hydroxylation is 1. The number of carbonyl (C=O) groups is 2. The van der Waals surface area contributed by atoms with Gasteiger partial charge in [0.25, 0.3) is 0 Å². The predicted octanol–water partition coefficient (Wildman–Crippen LogP) is 1.42. The maximum absolute atomic E-state index is 11.7. The number of ether oxygens (including phenoxy) is 1. The van der Waals surface area contributed by atoms with Crippen LogP contribution < -0.4 is 5.32 Å². The maximum Gasteiger partial charge on any atom is 0.407 e. The molecule has 1 unspecified atom stereocenters. The van der Waals surface area contributed by atoms with Crippen molar-refractivity contribution in [2.24, 2.45) is 0 Å². The number of rotatable bonds is 2. The van der Waals surface area contributed by atoms with Crippen molar-refractivity contribution in [1.82, 2.24) is 14.9 Å². The van der Waals surface area contributed by atoms with Gasteiger partial charge in [0.2, 0.25) is 0 Å². The molecule has 0 spiro atoms. The molecule has 1 atom stereocenters. The van der Waals surface area contributed by atoms with Gasteiger partial charge in [0.15, 0.2) is 5.69 Å². The van der Waals surface area contributed by atoms with Crippen molar-refractivity contribution in [2.45, 2.75) is 51.8 Å². The fourth-order valence-electron chi connectivity index (χ4n) is 2.14. The molecule has 0 fully saturated rings. The second-order valence-electron chi connectivity index (χ2n) is 5.88. The van der Waals surface area contributed by atoms with E-state index in [2.05, 4.69) is 10.3 Å². The van der Waals surface area contributed by atoms with Gasteiger partial charge in [0.1, 0.15) is 11.4 Å². The van der Waals surface area contributed by atoms with Crippen LogP contribution in [0.15, 0.2) is 6.20 Å². The Morgan fingerprint density at radius 2 is 2.20 bits per heavy atom. The van der Waals surface area contributed by atoms with E-state index < -0.39 is 17.7 Å². The molecule has 0 saturated carbocycles. The number of imidazole rings is 1. The monoisotopic (exact) mass is 281 g/mol. The molecule has 110 valence electrons. The van der Waals surface area contributed by atoms with Crippen molar-refractivity contribution in [3.05, 3.63) is 17.7 Å². The highest BCUT2D eigenvalue weighted by molar-refractivity contribution is 5.85. The lowest BCUT2D eigenvalue weighted by molar-refractivity contribution is 0.0492. The third kappa shape index (κ3) is 3.49. The minimum atomic E-state index is -1.04. The summed E-state index contributed by atoms with van der Waals surface area (Å²) in [4.78, 5) is 26.6. The number of nitrogens with zero attached hydrogens (tertiary/aromatic N) is 2. The smallest absolute Gasteiger partial charge is 0.407 e. The zero-order valence-electron chi connectivity index (χ0n) is 11.8. The molecule has 0 bridgehead atoms. The molecule has 7 heteroatoms. The molecule has 0 saturated heterocycles. The Labute approximate surface area is 116 Å². The highest BCUT2D eigenvalue weighted by Gasteiger charge is 2.25. The van der Waals surface area contributed by atoms with E-state index in [0.717, 1.165) is 12.2 Å². The number of hydrogen-bond donors (Lipinski definition) is 2. The lowest BCUT2D eigenvalue weighted by Crippen LogP contribution is -2.43. The summed E-state index contributed by atoms with van der Waals surface area (Å²) < 4.78 is 6.98. The van der Waals surface area contributed by atoms with E-state index in [1.165, 1.54) is 6.20 Å². The normalized spacial score (nSPS) is 18.2. The Bertz CT molecular complexity index is 530. The van der Waals surface area contributed by atoms with E-state index in [-0.39, 0.29) is 11.7 Å². The Morgan fingerprint density at radius 3 is 2.80 bits per heavy atom. The third-order valence-corrected chi connectivity index (χ3v) is 2.93. The van der Waals surface area contributed by atoms with Gasteiger partial charge in [-0.1, -0.05) is 0 Å². The first-order valence-electron chi connectivity index (χ1n) is 6.53. The fourth-order valence-corrected chi connectivity index (χ4v) is 2.14. The highest BCUT2D eigenvalue weighted by Crippen LogP contribution is 2.16. The molecule has 20 heavy (non-hydrogen) atoms. The number of nitrogens with one attached hydrogen (secondary N) is 1. The molecule has 1 aromatic heterocycles. The molecular formula is C13H19N3O4. The van der Waals surface area contributed by atoms with Gasteiger partial charge in [-0.25, -0.2) is 14.6 Å². The summed E-state index contributed by atoms with van der Waals surface area (Å²) in [7, 11) is 0. The minimum absolute atomic E-state index is 0.0397. The zero-order valence-corrected chi connectivity index (χ0v) is 11.8. The maximum atomic E-state index is 11.7. The van der Waals surface area contributed by atoms with Gasteiger partial charge >= 0.3 is 12.1 Å².